The lowest BCUT2D eigenvalue weighted by atomic mass is 10.2. The monoisotopic (exact) mass is 262 g/mol. The summed E-state index contributed by atoms with van der Waals surface area (Å²) in [6.45, 7) is 1.99. The topological polar surface area (TPSA) is 46.5 Å². The fourth-order valence-electron chi connectivity index (χ4n) is 1.59. The van der Waals surface area contributed by atoms with Crippen molar-refractivity contribution in [2.75, 3.05) is 6.61 Å². The Labute approximate surface area is 110 Å². The van der Waals surface area contributed by atoms with Crippen molar-refractivity contribution in [1.29, 1.82) is 0 Å². The van der Waals surface area contributed by atoms with Crippen LogP contribution in [-0.4, -0.2) is 17.7 Å². The standard InChI is InChI=1S/C14H14O3S/c1-2-17-14(16)13(15)12-9-8-11(18-12)10-6-4-3-5-7-10/h3-9,13,15H,2H2,1H3/t13-/m0/s1. The minimum atomic E-state index is -1.19. The molecule has 94 valence electrons. The normalized spacial score (nSPS) is 12.1. The highest BCUT2D eigenvalue weighted by Crippen LogP contribution is 2.31. The zero-order chi connectivity index (χ0) is 13.0. The third kappa shape index (κ3) is 2.78. The molecule has 0 radical (unpaired) electrons. The molecule has 2 aromatic rings. The molecule has 1 heterocycles. The number of hydrogen-bond acceptors (Lipinski definition) is 4. The smallest absolute Gasteiger partial charge is 0.340 e. The van der Waals surface area contributed by atoms with Gasteiger partial charge in [0.25, 0.3) is 0 Å². The third-order valence-electron chi connectivity index (χ3n) is 2.46. The molecule has 4 heteroatoms. The molecule has 0 fully saturated rings. The molecular weight excluding hydrogens is 248 g/mol. The summed E-state index contributed by atoms with van der Waals surface area (Å²) < 4.78 is 4.79. The predicted octanol–water partition coefficient (Wildman–Crippen LogP) is 3.01. The molecule has 0 aliphatic heterocycles. The Bertz CT molecular complexity index is 519. The summed E-state index contributed by atoms with van der Waals surface area (Å²) in [5, 5.41) is 9.82. The van der Waals surface area contributed by atoms with E-state index in [2.05, 4.69) is 0 Å². The first-order valence-electron chi connectivity index (χ1n) is 5.72. The Morgan fingerprint density at radius 3 is 2.67 bits per heavy atom. The van der Waals surface area contributed by atoms with Gasteiger partial charge in [-0.15, -0.1) is 11.3 Å². The van der Waals surface area contributed by atoms with Gasteiger partial charge in [0, 0.05) is 9.75 Å². The van der Waals surface area contributed by atoms with Crippen molar-refractivity contribution in [2.45, 2.75) is 13.0 Å². The van der Waals surface area contributed by atoms with Crippen molar-refractivity contribution >= 4 is 17.3 Å². The summed E-state index contributed by atoms with van der Waals surface area (Å²) in [6, 6.07) is 13.5. The second-order valence-electron chi connectivity index (χ2n) is 3.72. The minimum absolute atomic E-state index is 0.271. The van der Waals surface area contributed by atoms with E-state index in [1.807, 2.05) is 36.4 Å². The van der Waals surface area contributed by atoms with Gasteiger partial charge in [-0.25, -0.2) is 4.79 Å². The molecule has 0 unspecified atom stereocenters. The van der Waals surface area contributed by atoms with Crippen LogP contribution in [-0.2, 0) is 9.53 Å². The van der Waals surface area contributed by atoms with Crippen LogP contribution in [0.15, 0.2) is 42.5 Å². The van der Waals surface area contributed by atoms with Crippen molar-refractivity contribution < 1.29 is 14.6 Å². The van der Waals surface area contributed by atoms with E-state index in [-0.39, 0.29) is 6.61 Å². The maximum Gasteiger partial charge on any atom is 0.340 e. The fraction of sp³-hybridized carbons (Fsp3) is 0.214. The number of thiophene rings is 1. The molecule has 1 N–H and O–H groups in total. The summed E-state index contributed by atoms with van der Waals surface area (Å²) in [7, 11) is 0. The van der Waals surface area contributed by atoms with Crippen LogP contribution >= 0.6 is 11.3 Å². The van der Waals surface area contributed by atoms with Crippen LogP contribution in [0.5, 0.6) is 0 Å². The third-order valence-corrected chi connectivity index (χ3v) is 3.65. The summed E-state index contributed by atoms with van der Waals surface area (Å²) in [5.41, 5.74) is 1.07. The Balaban J connectivity index is 2.18. The second-order valence-corrected chi connectivity index (χ2v) is 4.84. The lowest BCUT2D eigenvalue weighted by Crippen LogP contribution is -2.14. The van der Waals surface area contributed by atoms with E-state index >= 15 is 0 Å². The van der Waals surface area contributed by atoms with E-state index in [1.165, 1.54) is 11.3 Å². The van der Waals surface area contributed by atoms with E-state index in [0.29, 0.717) is 4.88 Å². The quantitative estimate of drug-likeness (QED) is 0.862. The number of ether oxygens (including phenoxy) is 1. The average molecular weight is 262 g/mol. The van der Waals surface area contributed by atoms with Gasteiger partial charge in [-0.2, -0.15) is 0 Å². The first-order chi connectivity index (χ1) is 8.72. The van der Waals surface area contributed by atoms with Gasteiger partial charge in [-0.05, 0) is 24.6 Å². The van der Waals surface area contributed by atoms with Gasteiger partial charge >= 0.3 is 5.97 Å². The Hall–Kier alpha value is -1.65. The zero-order valence-electron chi connectivity index (χ0n) is 10.00. The van der Waals surface area contributed by atoms with Gasteiger partial charge in [0.1, 0.15) is 0 Å². The molecule has 3 nitrogen and oxygen atoms in total. The molecule has 0 saturated heterocycles. The summed E-state index contributed by atoms with van der Waals surface area (Å²) in [4.78, 5) is 13.0. The molecule has 18 heavy (non-hydrogen) atoms. The number of esters is 1. The molecule has 1 aromatic heterocycles. The lowest BCUT2D eigenvalue weighted by molar-refractivity contribution is -0.153. The van der Waals surface area contributed by atoms with E-state index < -0.39 is 12.1 Å². The molecule has 2 rings (SSSR count). The Kier molecular flexibility index (Phi) is 4.12. The SMILES string of the molecule is CCOC(=O)[C@@H](O)c1ccc(-c2ccccc2)s1. The van der Waals surface area contributed by atoms with Gasteiger partial charge in [-0.3, -0.25) is 0 Å². The van der Waals surface area contributed by atoms with E-state index in [4.69, 9.17) is 4.74 Å². The Morgan fingerprint density at radius 1 is 1.28 bits per heavy atom. The molecule has 0 aliphatic rings. The molecular formula is C14H14O3S. The fourth-order valence-corrected chi connectivity index (χ4v) is 2.58. The number of rotatable bonds is 4. The van der Waals surface area contributed by atoms with Gasteiger partial charge in [-0.1, -0.05) is 30.3 Å². The maximum atomic E-state index is 11.4. The van der Waals surface area contributed by atoms with E-state index in [0.717, 1.165) is 10.4 Å². The average Bonchev–Trinajstić information content (AvgIpc) is 2.89. The highest BCUT2D eigenvalue weighted by atomic mass is 32.1. The number of benzene rings is 1. The number of carbonyl (C=O) groups excluding carboxylic acids is 1. The van der Waals surface area contributed by atoms with Gasteiger partial charge in [0.05, 0.1) is 6.61 Å². The van der Waals surface area contributed by atoms with Crippen LogP contribution in [0.1, 0.15) is 17.9 Å². The predicted molar refractivity (Wildman–Crippen MR) is 71.3 cm³/mol. The minimum Gasteiger partial charge on any atom is -0.464 e. The zero-order valence-corrected chi connectivity index (χ0v) is 10.8. The van der Waals surface area contributed by atoms with Crippen LogP contribution in [0.4, 0.5) is 0 Å². The second kappa shape index (κ2) is 5.80. The largest absolute Gasteiger partial charge is 0.464 e. The molecule has 0 spiro atoms. The molecule has 1 aromatic carbocycles. The van der Waals surface area contributed by atoms with Crippen LogP contribution in [0, 0.1) is 0 Å². The van der Waals surface area contributed by atoms with Gasteiger partial charge in [0.15, 0.2) is 6.10 Å². The van der Waals surface area contributed by atoms with Crippen LogP contribution < -0.4 is 0 Å². The molecule has 0 bridgehead atoms. The molecule has 1 atom stereocenters. The van der Waals surface area contributed by atoms with Crippen molar-refractivity contribution in [1.82, 2.24) is 0 Å². The lowest BCUT2D eigenvalue weighted by Gasteiger charge is -2.06. The highest BCUT2D eigenvalue weighted by Gasteiger charge is 2.20. The molecule has 0 aliphatic carbocycles. The van der Waals surface area contributed by atoms with Crippen LogP contribution in [0.25, 0.3) is 10.4 Å². The number of hydrogen-bond donors (Lipinski definition) is 1. The number of aliphatic hydroxyl groups excluding tert-OH is 1. The maximum absolute atomic E-state index is 11.4. The molecule has 0 saturated carbocycles. The van der Waals surface area contributed by atoms with Gasteiger partial charge in [0.2, 0.25) is 0 Å². The summed E-state index contributed by atoms with van der Waals surface area (Å²) in [6.07, 6.45) is -1.19. The van der Waals surface area contributed by atoms with Crippen LogP contribution in [0.2, 0.25) is 0 Å². The first kappa shape index (κ1) is 12.8. The first-order valence-corrected chi connectivity index (χ1v) is 6.54. The summed E-state index contributed by atoms with van der Waals surface area (Å²) >= 11 is 1.40. The summed E-state index contributed by atoms with van der Waals surface area (Å²) in [5.74, 6) is -0.598. The van der Waals surface area contributed by atoms with Crippen molar-refractivity contribution in [2.24, 2.45) is 0 Å². The van der Waals surface area contributed by atoms with Gasteiger partial charge < -0.3 is 9.84 Å². The van der Waals surface area contributed by atoms with Crippen LogP contribution in [0.3, 0.4) is 0 Å². The van der Waals surface area contributed by atoms with Crippen molar-refractivity contribution in [3.05, 3.63) is 47.3 Å². The number of carbonyl (C=O) groups is 1. The highest BCUT2D eigenvalue weighted by molar-refractivity contribution is 7.15. The van der Waals surface area contributed by atoms with Crippen molar-refractivity contribution in [3.63, 3.8) is 0 Å². The number of aliphatic hydroxyl groups is 1. The Morgan fingerprint density at radius 2 is 2.00 bits per heavy atom. The van der Waals surface area contributed by atoms with E-state index in [1.54, 1.807) is 13.0 Å². The molecule has 0 amide bonds. The van der Waals surface area contributed by atoms with Crippen molar-refractivity contribution in [3.8, 4) is 10.4 Å². The van der Waals surface area contributed by atoms with E-state index in [9.17, 15) is 9.90 Å².